The van der Waals surface area contributed by atoms with Crippen molar-refractivity contribution in [2.24, 2.45) is 0 Å². The molecule has 11 aromatic carbocycles. The summed E-state index contributed by atoms with van der Waals surface area (Å²) >= 11 is 0. The molecule has 0 amide bonds. The predicted molar refractivity (Wildman–Crippen MR) is 270 cm³/mol. The van der Waals surface area contributed by atoms with Gasteiger partial charge in [0.05, 0.1) is 0 Å². The third-order valence-corrected chi connectivity index (χ3v) is 12.8. The first-order valence-electron chi connectivity index (χ1n) is 21.8. The summed E-state index contributed by atoms with van der Waals surface area (Å²) in [6.45, 7) is 8.69. The highest BCUT2D eigenvalue weighted by molar-refractivity contribution is 6.13. The Bertz CT molecular complexity index is 3600. The summed E-state index contributed by atoms with van der Waals surface area (Å²) in [7, 11) is 0. The average Bonchev–Trinajstić information content (AvgIpc) is 3.64. The van der Waals surface area contributed by atoms with Gasteiger partial charge in [-0.05, 0) is 189 Å². The summed E-state index contributed by atoms with van der Waals surface area (Å²) in [5.41, 5.74) is 13.3. The molecule has 12 rings (SSSR count). The van der Waals surface area contributed by atoms with Crippen molar-refractivity contribution in [1.82, 2.24) is 0 Å². The van der Waals surface area contributed by atoms with Gasteiger partial charge in [-0.25, -0.2) is 0 Å². The highest BCUT2D eigenvalue weighted by Crippen LogP contribution is 2.43. The van der Waals surface area contributed by atoms with Crippen molar-refractivity contribution < 1.29 is 4.42 Å². The van der Waals surface area contributed by atoms with Gasteiger partial charge in [0.25, 0.3) is 0 Å². The maximum absolute atomic E-state index is 6.83. The van der Waals surface area contributed by atoms with Crippen LogP contribution in [0.4, 0.5) is 34.1 Å². The number of benzene rings is 11. The van der Waals surface area contributed by atoms with E-state index in [4.69, 9.17) is 4.42 Å². The van der Waals surface area contributed by atoms with E-state index >= 15 is 0 Å². The van der Waals surface area contributed by atoms with E-state index in [1.807, 2.05) is 0 Å². The molecule has 0 unspecified atom stereocenters. The largest absolute Gasteiger partial charge is 0.456 e. The lowest BCUT2D eigenvalue weighted by atomic mass is 10.0. The predicted octanol–water partition coefficient (Wildman–Crippen LogP) is 17.5. The van der Waals surface area contributed by atoms with Crippen LogP contribution in [0.15, 0.2) is 199 Å². The number of fused-ring (bicyclic) bond motifs is 10. The summed E-state index contributed by atoms with van der Waals surface area (Å²) in [4.78, 5) is 4.75. The summed E-state index contributed by atoms with van der Waals surface area (Å²) < 4.78 is 6.83. The van der Waals surface area contributed by atoms with Crippen LogP contribution in [0.2, 0.25) is 0 Å². The molecular formula is C60H44N2O. The van der Waals surface area contributed by atoms with Gasteiger partial charge in [-0.15, -0.1) is 0 Å². The van der Waals surface area contributed by atoms with Crippen LogP contribution in [0.25, 0.3) is 75.8 Å². The van der Waals surface area contributed by atoms with E-state index in [-0.39, 0.29) is 0 Å². The normalized spacial score (nSPS) is 11.8. The summed E-state index contributed by atoms with van der Waals surface area (Å²) in [6, 6.07) is 71.5. The topological polar surface area (TPSA) is 19.6 Å². The van der Waals surface area contributed by atoms with E-state index in [0.717, 1.165) is 61.4 Å². The second-order valence-electron chi connectivity index (χ2n) is 17.4. The van der Waals surface area contributed by atoms with Crippen molar-refractivity contribution in [3.63, 3.8) is 0 Å². The van der Waals surface area contributed by atoms with Crippen molar-refractivity contribution in [1.29, 1.82) is 0 Å². The van der Waals surface area contributed by atoms with E-state index < -0.39 is 0 Å². The quantitative estimate of drug-likeness (QED) is 0.156. The first-order chi connectivity index (χ1) is 30.8. The number of hydrogen-bond acceptors (Lipinski definition) is 3. The van der Waals surface area contributed by atoms with E-state index in [0.29, 0.717) is 0 Å². The SMILES string of the molecule is Cc1cc(C)cc(N(c2ccc3cc4c(cc3c2)oc2cc(N(c3cc(C)cc(C)c3)c3ccc5c(ccc6ccccc65)c3)ccc24)c2ccc3c(ccc4ccccc43)c2)c1. The van der Waals surface area contributed by atoms with Crippen LogP contribution >= 0.6 is 0 Å². The minimum absolute atomic E-state index is 0.861. The van der Waals surface area contributed by atoms with Crippen molar-refractivity contribution in [3.8, 4) is 0 Å². The number of furan rings is 1. The standard InChI is InChI=1S/C60H44N2O/c1-37-25-38(2)28-51(27-37)61(48-19-22-55-44(31-48)15-13-41-9-5-7-11-53(41)55)47-18-17-43-34-58-57-24-21-50(36-60(57)63-59(58)35-46(43)33-47)62(52-29-39(3)26-40(4)30-52)49-20-23-56-45(32-49)16-14-42-10-6-8-12-54(42)56/h5-36H,1-4H3. The number of aryl methyl sites for hydroxylation is 4. The molecule has 3 nitrogen and oxygen atoms in total. The number of hydrogen-bond donors (Lipinski definition) is 0. The summed E-state index contributed by atoms with van der Waals surface area (Å²) in [5.74, 6) is 0. The lowest BCUT2D eigenvalue weighted by molar-refractivity contribution is 0.669. The lowest BCUT2D eigenvalue weighted by Gasteiger charge is -2.27. The van der Waals surface area contributed by atoms with E-state index in [1.165, 1.54) is 70.7 Å². The highest BCUT2D eigenvalue weighted by Gasteiger charge is 2.19. The molecule has 0 bridgehead atoms. The number of rotatable bonds is 6. The number of nitrogens with zero attached hydrogens (tertiary/aromatic N) is 2. The van der Waals surface area contributed by atoms with Crippen molar-refractivity contribution in [3.05, 3.63) is 216 Å². The molecular weight excluding hydrogens is 765 g/mol. The monoisotopic (exact) mass is 808 g/mol. The molecule has 3 heteroatoms. The van der Waals surface area contributed by atoms with Gasteiger partial charge in [0.1, 0.15) is 11.2 Å². The zero-order valence-electron chi connectivity index (χ0n) is 35.8. The van der Waals surface area contributed by atoms with Crippen LogP contribution < -0.4 is 9.80 Å². The fourth-order valence-electron chi connectivity index (χ4n) is 10.1. The Morgan fingerprint density at radius 1 is 0.254 bits per heavy atom. The summed E-state index contributed by atoms with van der Waals surface area (Å²) in [5, 5.41) is 14.5. The first-order valence-corrected chi connectivity index (χ1v) is 21.8. The van der Waals surface area contributed by atoms with E-state index in [9.17, 15) is 0 Å². The summed E-state index contributed by atoms with van der Waals surface area (Å²) in [6.07, 6.45) is 0. The Morgan fingerprint density at radius 3 is 1.19 bits per heavy atom. The Morgan fingerprint density at radius 2 is 0.651 bits per heavy atom. The maximum Gasteiger partial charge on any atom is 0.137 e. The fraction of sp³-hybridized carbons (Fsp3) is 0.0667. The molecule has 0 fully saturated rings. The molecule has 12 aromatic rings. The Kier molecular flexibility index (Phi) is 8.42. The lowest BCUT2D eigenvalue weighted by Crippen LogP contribution is -2.10. The fourth-order valence-corrected chi connectivity index (χ4v) is 10.1. The van der Waals surface area contributed by atoms with Gasteiger partial charge in [-0.2, -0.15) is 0 Å². The third kappa shape index (κ3) is 6.35. The van der Waals surface area contributed by atoms with Crippen molar-refractivity contribution >= 4 is 110 Å². The van der Waals surface area contributed by atoms with Gasteiger partial charge in [0, 0.05) is 51.0 Å². The zero-order valence-corrected chi connectivity index (χ0v) is 35.8. The van der Waals surface area contributed by atoms with Crippen molar-refractivity contribution in [2.75, 3.05) is 9.80 Å². The molecule has 1 aromatic heterocycles. The van der Waals surface area contributed by atoms with Gasteiger partial charge >= 0.3 is 0 Å². The molecule has 300 valence electrons. The smallest absolute Gasteiger partial charge is 0.137 e. The Labute approximate surface area is 366 Å². The molecule has 0 N–H and O–H groups in total. The molecule has 63 heavy (non-hydrogen) atoms. The van der Waals surface area contributed by atoms with E-state index in [1.54, 1.807) is 0 Å². The van der Waals surface area contributed by atoms with Gasteiger partial charge in [-0.3, -0.25) is 0 Å². The maximum atomic E-state index is 6.83. The molecule has 0 atom stereocenters. The minimum Gasteiger partial charge on any atom is -0.456 e. The zero-order chi connectivity index (χ0) is 42.3. The van der Waals surface area contributed by atoms with Gasteiger partial charge in [0.15, 0.2) is 0 Å². The average molecular weight is 809 g/mol. The molecule has 0 saturated heterocycles. The molecule has 0 aliphatic carbocycles. The number of anilines is 6. The van der Waals surface area contributed by atoms with Crippen LogP contribution in [-0.4, -0.2) is 0 Å². The first kappa shape index (κ1) is 36.9. The van der Waals surface area contributed by atoms with Crippen LogP contribution in [-0.2, 0) is 0 Å². The van der Waals surface area contributed by atoms with Crippen LogP contribution in [0.1, 0.15) is 22.3 Å². The van der Waals surface area contributed by atoms with Crippen LogP contribution in [0.3, 0.4) is 0 Å². The molecule has 1 heterocycles. The molecule has 0 aliphatic rings. The van der Waals surface area contributed by atoms with E-state index in [2.05, 4.69) is 232 Å². The Balaban J connectivity index is 0.981. The van der Waals surface area contributed by atoms with Crippen LogP contribution in [0.5, 0.6) is 0 Å². The Hall–Kier alpha value is -7.88. The highest BCUT2D eigenvalue weighted by atomic mass is 16.3. The molecule has 0 spiro atoms. The third-order valence-electron chi connectivity index (χ3n) is 12.8. The minimum atomic E-state index is 0.861. The van der Waals surface area contributed by atoms with Gasteiger partial charge in [-0.1, -0.05) is 103 Å². The second kappa shape index (κ2) is 14.4. The molecule has 0 radical (unpaired) electrons. The van der Waals surface area contributed by atoms with Gasteiger partial charge in [0.2, 0.25) is 0 Å². The molecule has 0 aliphatic heterocycles. The molecule has 0 saturated carbocycles. The van der Waals surface area contributed by atoms with Crippen LogP contribution in [0, 0.1) is 27.7 Å². The second-order valence-corrected chi connectivity index (χ2v) is 17.4. The van der Waals surface area contributed by atoms with Crippen molar-refractivity contribution in [2.45, 2.75) is 27.7 Å². The van der Waals surface area contributed by atoms with Gasteiger partial charge < -0.3 is 14.2 Å².